The van der Waals surface area contributed by atoms with E-state index in [1.165, 1.54) is 0 Å². The molecule has 18 heavy (non-hydrogen) atoms. The second-order valence-electron chi connectivity index (χ2n) is 4.33. The molecule has 0 aliphatic carbocycles. The predicted molar refractivity (Wildman–Crippen MR) is 73.1 cm³/mol. The Kier molecular flexibility index (Phi) is 4.43. The number of pyridine rings is 1. The van der Waals surface area contributed by atoms with Crippen LogP contribution in [0.4, 0.5) is 0 Å². The predicted octanol–water partition coefficient (Wildman–Crippen LogP) is 3.11. The van der Waals surface area contributed by atoms with Crippen molar-refractivity contribution in [3.8, 4) is 0 Å². The number of alkyl halides is 1. The first kappa shape index (κ1) is 13.6. The van der Waals surface area contributed by atoms with Crippen LogP contribution in [0.5, 0.6) is 0 Å². The smallest absolute Gasteiger partial charge is 0.160 e. The molecule has 0 aliphatic rings. The van der Waals surface area contributed by atoms with E-state index < -0.39 is 0 Å². The molecule has 98 valence electrons. The van der Waals surface area contributed by atoms with Gasteiger partial charge in [-0.05, 0) is 12.0 Å². The van der Waals surface area contributed by atoms with Gasteiger partial charge in [-0.15, -0.1) is 11.6 Å². The van der Waals surface area contributed by atoms with Gasteiger partial charge >= 0.3 is 0 Å². The van der Waals surface area contributed by atoms with E-state index in [4.69, 9.17) is 27.9 Å². The third-order valence-electron chi connectivity index (χ3n) is 2.70. The molecule has 0 bridgehead atoms. The zero-order valence-corrected chi connectivity index (χ0v) is 11.9. The summed E-state index contributed by atoms with van der Waals surface area (Å²) in [4.78, 5) is 8.78. The summed E-state index contributed by atoms with van der Waals surface area (Å²) in [5.41, 5.74) is 1.60. The first-order chi connectivity index (χ1) is 8.65. The maximum Gasteiger partial charge on any atom is 0.160 e. The number of methoxy groups -OCH3 is 1. The Morgan fingerprint density at radius 2 is 2.28 bits per heavy atom. The zero-order chi connectivity index (χ0) is 13.1. The summed E-state index contributed by atoms with van der Waals surface area (Å²) >= 11 is 11.8. The highest BCUT2D eigenvalue weighted by Crippen LogP contribution is 2.20. The molecule has 0 radical (unpaired) electrons. The lowest BCUT2D eigenvalue weighted by Gasteiger charge is -2.13. The highest BCUT2D eigenvalue weighted by molar-refractivity contribution is 6.31. The molecular weight excluding hydrogens is 273 g/mol. The molecule has 0 saturated carbocycles. The van der Waals surface area contributed by atoms with Gasteiger partial charge in [-0.25, -0.2) is 9.97 Å². The van der Waals surface area contributed by atoms with E-state index in [2.05, 4.69) is 16.9 Å². The minimum atomic E-state index is 0.355. The third-order valence-corrected chi connectivity index (χ3v) is 3.14. The highest BCUT2D eigenvalue weighted by atomic mass is 35.5. The van der Waals surface area contributed by atoms with Crippen molar-refractivity contribution in [2.24, 2.45) is 5.92 Å². The largest absolute Gasteiger partial charge is 0.384 e. The molecule has 2 aromatic rings. The van der Waals surface area contributed by atoms with E-state index in [9.17, 15) is 0 Å². The minimum absolute atomic E-state index is 0.355. The SMILES string of the molecule is COCC(C)Cn1c(CCl)nc2cc(Cl)cnc21. The molecule has 0 aromatic carbocycles. The van der Waals surface area contributed by atoms with Crippen molar-refractivity contribution < 1.29 is 4.74 Å². The van der Waals surface area contributed by atoms with Gasteiger partial charge in [0.1, 0.15) is 11.3 Å². The second kappa shape index (κ2) is 5.87. The molecule has 2 rings (SSSR count). The van der Waals surface area contributed by atoms with Gasteiger partial charge in [0, 0.05) is 19.9 Å². The molecule has 0 N–H and O–H groups in total. The molecule has 0 amide bonds. The summed E-state index contributed by atoms with van der Waals surface area (Å²) < 4.78 is 7.18. The quantitative estimate of drug-likeness (QED) is 0.794. The molecule has 1 atom stereocenters. The summed E-state index contributed by atoms with van der Waals surface area (Å²) in [6, 6.07) is 1.80. The van der Waals surface area contributed by atoms with Crippen LogP contribution in [0.3, 0.4) is 0 Å². The van der Waals surface area contributed by atoms with Gasteiger partial charge in [0.15, 0.2) is 5.65 Å². The Morgan fingerprint density at radius 3 is 2.94 bits per heavy atom. The van der Waals surface area contributed by atoms with Gasteiger partial charge in [0.05, 0.1) is 17.5 Å². The summed E-state index contributed by atoms with van der Waals surface area (Å²) in [7, 11) is 1.70. The van der Waals surface area contributed by atoms with E-state index in [0.717, 1.165) is 23.5 Å². The van der Waals surface area contributed by atoms with Crippen LogP contribution in [-0.2, 0) is 17.2 Å². The molecule has 2 heterocycles. The van der Waals surface area contributed by atoms with Gasteiger partial charge in [-0.2, -0.15) is 0 Å². The lowest BCUT2D eigenvalue weighted by atomic mass is 10.2. The van der Waals surface area contributed by atoms with Crippen molar-refractivity contribution in [1.29, 1.82) is 0 Å². The van der Waals surface area contributed by atoms with Crippen LogP contribution in [0.2, 0.25) is 5.02 Å². The Labute approximate surface area is 116 Å². The number of halogens is 2. The van der Waals surface area contributed by atoms with Crippen molar-refractivity contribution in [3.05, 3.63) is 23.1 Å². The van der Waals surface area contributed by atoms with Crippen molar-refractivity contribution >= 4 is 34.4 Å². The average Bonchev–Trinajstić information content (AvgIpc) is 2.66. The lowest BCUT2D eigenvalue weighted by molar-refractivity contribution is 0.151. The van der Waals surface area contributed by atoms with Gasteiger partial charge in [0.2, 0.25) is 0 Å². The number of hydrogen-bond donors (Lipinski definition) is 0. The standard InChI is InChI=1S/C12H15Cl2N3O/c1-8(7-18-2)6-17-11(4-13)16-10-3-9(14)5-15-12(10)17/h3,5,8H,4,6-7H2,1-2H3. The number of fused-ring (bicyclic) bond motifs is 1. The van der Waals surface area contributed by atoms with Crippen molar-refractivity contribution in [1.82, 2.24) is 14.5 Å². The molecule has 0 saturated heterocycles. The number of rotatable bonds is 5. The van der Waals surface area contributed by atoms with Gasteiger partial charge < -0.3 is 9.30 Å². The van der Waals surface area contributed by atoms with Crippen LogP contribution in [0.1, 0.15) is 12.7 Å². The maximum absolute atomic E-state index is 5.93. The molecular formula is C12H15Cl2N3O. The zero-order valence-electron chi connectivity index (χ0n) is 10.4. The summed E-state index contributed by atoms with van der Waals surface area (Å²) in [5.74, 6) is 1.53. The van der Waals surface area contributed by atoms with Gasteiger partial charge in [-0.3, -0.25) is 0 Å². The topological polar surface area (TPSA) is 39.9 Å². The van der Waals surface area contributed by atoms with Crippen LogP contribution >= 0.6 is 23.2 Å². The lowest BCUT2D eigenvalue weighted by Crippen LogP contribution is -2.14. The number of imidazole rings is 1. The molecule has 0 spiro atoms. The Morgan fingerprint density at radius 1 is 1.50 bits per heavy atom. The highest BCUT2D eigenvalue weighted by Gasteiger charge is 2.14. The van der Waals surface area contributed by atoms with Crippen LogP contribution in [0.15, 0.2) is 12.3 Å². The molecule has 1 unspecified atom stereocenters. The first-order valence-corrected chi connectivity index (χ1v) is 6.62. The number of hydrogen-bond acceptors (Lipinski definition) is 3. The average molecular weight is 288 g/mol. The normalized spacial score (nSPS) is 13.1. The fraction of sp³-hybridized carbons (Fsp3) is 0.500. The van der Waals surface area contributed by atoms with Crippen LogP contribution in [0.25, 0.3) is 11.2 Å². The number of aromatic nitrogens is 3. The van der Waals surface area contributed by atoms with E-state index >= 15 is 0 Å². The fourth-order valence-electron chi connectivity index (χ4n) is 1.98. The van der Waals surface area contributed by atoms with Gasteiger partial charge in [-0.1, -0.05) is 18.5 Å². The Bertz CT molecular complexity index is 541. The van der Waals surface area contributed by atoms with Crippen LogP contribution in [-0.4, -0.2) is 28.3 Å². The van der Waals surface area contributed by atoms with E-state index in [1.807, 2.05) is 4.57 Å². The monoisotopic (exact) mass is 287 g/mol. The third kappa shape index (κ3) is 2.76. The molecule has 2 aromatic heterocycles. The summed E-state index contributed by atoms with van der Waals surface area (Å²) in [5, 5.41) is 0.582. The van der Waals surface area contributed by atoms with E-state index in [-0.39, 0.29) is 0 Å². The number of ether oxygens (including phenoxy) is 1. The molecule has 6 heteroatoms. The van der Waals surface area contributed by atoms with Gasteiger partial charge in [0.25, 0.3) is 0 Å². The Hall–Kier alpha value is -0.840. The van der Waals surface area contributed by atoms with Crippen molar-refractivity contribution in [3.63, 3.8) is 0 Å². The van der Waals surface area contributed by atoms with Crippen LogP contribution in [0, 0.1) is 5.92 Å². The molecule has 4 nitrogen and oxygen atoms in total. The van der Waals surface area contributed by atoms with Crippen molar-refractivity contribution in [2.45, 2.75) is 19.3 Å². The second-order valence-corrected chi connectivity index (χ2v) is 5.03. The van der Waals surface area contributed by atoms with E-state index in [1.54, 1.807) is 19.4 Å². The van der Waals surface area contributed by atoms with Crippen molar-refractivity contribution in [2.75, 3.05) is 13.7 Å². The summed E-state index contributed by atoms with van der Waals surface area (Å²) in [6.45, 7) is 3.58. The molecule has 0 aliphatic heterocycles. The fourth-order valence-corrected chi connectivity index (χ4v) is 2.33. The molecule has 0 fully saturated rings. The minimum Gasteiger partial charge on any atom is -0.384 e. The van der Waals surface area contributed by atoms with E-state index in [0.29, 0.717) is 23.4 Å². The first-order valence-electron chi connectivity index (χ1n) is 5.71. The number of nitrogens with zero attached hydrogens (tertiary/aromatic N) is 3. The Balaban J connectivity index is 2.40. The summed E-state index contributed by atoms with van der Waals surface area (Å²) in [6.07, 6.45) is 1.63. The van der Waals surface area contributed by atoms with Crippen LogP contribution < -0.4 is 0 Å². The maximum atomic E-state index is 5.93.